The van der Waals surface area contributed by atoms with Gasteiger partial charge in [-0.05, 0) is 51.4 Å². The van der Waals surface area contributed by atoms with E-state index in [1.807, 2.05) is 45.9 Å². The molecular formula is C14H19BBrNO3. The maximum Gasteiger partial charge on any atom is 0.494 e. The van der Waals surface area contributed by atoms with Crippen molar-refractivity contribution in [1.82, 2.24) is 0 Å². The van der Waals surface area contributed by atoms with E-state index in [1.54, 1.807) is 0 Å². The first-order valence-corrected chi connectivity index (χ1v) is 7.34. The molecule has 0 unspecified atom stereocenters. The molecule has 20 heavy (non-hydrogen) atoms. The van der Waals surface area contributed by atoms with Gasteiger partial charge >= 0.3 is 7.12 Å². The number of amides is 1. The zero-order valence-corrected chi connectivity index (χ0v) is 14.0. The van der Waals surface area contributed by atoms with Crippen molar-refractivity contribution >= 4 is 40.1 Å². The summed E-state index contributed by atoms with van der Waals surface area (Å²) in [6.45, 7) is 9.54. The lowest BCUT2D eigenvalue weighted by atomic mass is 9.79. The van der Waals surface area contributed by atoms with Crippen LogP contribution in [0.2, 0.25) is 0 Å². The molecule has 0 aliphatic carbocycles. The van der Waals surface area contributed by atoms with Crippen LogP contribution >= 0.6 is 15.9 Å². The van der Waals surface area contributed by atoms with Gasteiger partial charge in [-0.1, -0.05) is 15.9 Å². The molecule has 1 aliphatic rings. The van der Waals surface area contributed by atoms with Crippen molar-refractivity contribution in [3.05, 3.63) is 22.7 Å². The third-order valence-electron chi connectivity index (χ3n) is 3.77. The second kappa shape index (κ2) is 5.17. The second-order valence-electron chi connectivity index (χ2n) is 6.04. The monoisotopic (exact) mass is 339 g/mol. The maximum absolute atomic E-state index is 11.2. The Labute approximate surface area is 128 Å². The quantitative estimate of drug-likeness (QED) is 0.843. The van der Waals surface area contributed by atoms with E-state index in [0.29, 0.717) is 0 Å². The van der Waals surface area contributed by atoms with Gasteiger partial charge in [-0.2, -0.15) is 0 Å². The van der Waals surface area contributed by atoms with Gasteiger partial charge in [-0.3, -0.25) is 4.79 Å². The predicted molar refractivity (Wildman–Crippen MR) is 84.2 cm³/mol. The summed E-state index contributed by atoms with van der Waals surface area (Å²) >= 11 is 3.44. The molecule has 4 nitrogen and oxygen atoms in total. The van der Waals surface area contributed by atoms with Crippen molar-refractivity contribution in [3.63, 3.8) is 0 Å². The Morgan fingerprint density at radius 2 is 1.70 bits per heavy atom. The van der Waals surface area contributed by atoms with Gasteiger partial charge in [0.25, 0.3) is 0 Å². The molecule has 1 heterocycles. The van der Waals surface area contributed by atoms with Gasteiger partial charge in [0.05, 0.1) is 11.2 Å². The molecule has 1 amide bonds. The minimum atomic E-state index is -0.440. The first-order chi connectivity index (χ1) is 9.10. The zero-order valence-electron chi connectivity index (χ0n) is 12.4. The lowest BCUT2D eigenvalue weighted by molar-refractivity contribution is -0.114. The van der Waals surface area contributed by atoms with Gasteiger partial charge in [0.1, 0.15) is 0 Å². The fourth-order valence-corrected chi connectivity index (χ4v) is 2.51. The summed E-state index contributed by atoms with van der Waals surface area (Å²) in [6, 6.07) is 5.65. The SMILES string of the molecule is CC(=O)Nc1cc(Br)cc(B2OC(C)(C)C(C)(C)O2)c1. The number of carbonyl (C=O) groups is 1. The lowest BCUT2D eigenvalue weighted by Crippen LogP contribution is -2.41. The fourth-order valence-electron chi connectivity index (χ4n) is 2.00. The molecule has 1 aromatic rings. The van der Waals surface area contributed by atoms with Crippen molar-refractivity contribution in [2.24, 2.45) is 0 Å². The molecule has 1 aliphatic heterocycles. The fraction of sp³-hybridized carbons (Fsp3) is 0.500. The van der Waals surface area contributed by atoms with Gasteiger partial charge in [-0.15, -0.1) is 0 Å². The smallest absolute Gasteiger partial charge is 0.399 e. The van der Waals surface area contributed by atoms with E-state index >= 15 is 0 Å². The number of anilines is 1. The highest BCUT2D eigenvalue weighted by atomic mass is 79.9. The van der Waals surface area contributed by atoms with Crippen molar-refractivity contribution < 1.29 is 14.1 Å². The highest BCUT2D eigenvalue weighted by molar-refractivity contribution is 9.10. The number of hydrogen-bond acceptors (Lipinski definition) is 3. The number of rotatable bonds is 2. The minimum Gasteiger partial charge on any atom is -0.399 e. The Bertz CT molecular complexity index is 529. The van der Waals surface area contributed by atoms with Crippen molar-refractivity contribution in [1.29, 1.82) is 0 Å². The molecule has 1 saturated heterocycles. The Morgan fingerprint density at radius 3 is 2.20 bits per heavy atom. The Hall–Kier alpha value is -0.845. The molecule has 1 fully saturated rings. The van der Waals surface area contributed by atoms with E-state index in [1.165, 1.54) is 6.92 Å². The second-order valence-corrected chi connectivity index (χ2v) is 6.96. The minimum absolute atomic E-state index is 0.108. The maximum atomic E-state index is 11.2. The van der Waals surface area contributed by atoms with E-state index in [2.05, 4.69) is 21.2 Å². The van der Waals surface area contributed by atoms with Gasteiger partial charge in [0.2, 0.25) is 5.91 Å². The van der Waals surface area contributed by atoms with Crippen LogP contribution in [-0.4, -0.2) is 24.2 Å². The average Bonchev–Trinajstić information content (AvgIpc) is 2.46. The van der Waals surface area contributed by atoms with Crippen LogP contribution in [0.1, 0.15) is 34.6 Å². The highest BCUT2D eigenvalue weighted by Crippen LogP contribution is 2.36. The first kappa shape index (κ1) is 15.5. The molecule has 108 valence electrons. The normalized spacial score (nSPS) is 20.0. The summed E-state index contributed by atoms with van der Waals surface area (Å²) in [5.41, 5.74) is 0.834. The molecule has 0 bridgehead atoms. The van der Waals surface area contributed by atoms with Gasteiger partial charge in [0, 0.05) is 17.1 Å². The molecule has 6 heteroatoms. The summed E-state index contributed by atoms with van der Waals surface area (Å²) in [5, 5.41) is 2.77. The van der Waals surface area contributed by atoms with E-state index in [4.69, 9.17) is 9.31 Å². The van der Waals surface area contributed by atoms with Crippen LogP contribution in [0.3, 0.4) is 0 Å². The topological polar surface area (TPSA) is 47.6 Å². The van der Waals surface area contributed by atoms with E-state index < -0.39 is 7.12 Å². The van der Waals surface area contributed by atoms with Crippen LogP contribution in [0.25, 0.3) is 0 Å². The first-order valence-electron chi connectivity index (χ1n) is 6.54. The standard InChI is InChI=1S/C14H19BBrNO3/c1-9(18)17-12-7-10(6-11(16)8-12)15-19-13(2,3)14(4,5)20-15/h6-8H,1-5H3,(H,17,18). The molecule has 0 aromatic heterocycles. The van der Waals surface area contributed by atoms with Gasteiger partial charge in [-0.25, -0.2) is 0 Å². The summed E-state index contributed by atoms with van der Waals surface area (Å²) in [4.78, 5) is 11.2. The summed E-state index contributed by atoms with van der Waals surface area (Å²) in [5.74, 6) is -0.108. The molecule has 0 spiro atoms. The summed E-state index contributed by atoms with van der Waals surface area (Å²) < 4.78 is 12.9. The molecule has 1 aromatic carbocycles. The number of hydrogen-bond donors (Lipinski definition) is 1. The van der Waals surface area contributed by atoms with Crippen LogP contribution < -0.4 is 10.8 Å². The van der Waals surface area contributed by atoms with Crippen LogP contribution in [0, 0.1) is 0 Å². The number of halogens is 1. The Morgan fingerprint density at radius 1 is 1.15 bits per heavy atom. The van der Waals surface area contributed by atoms with Crippen LogP contribution in [0.15, 0.2) is 22.7 Å². The van der Waals surface area contributed by atoms with Crippen molar-refractivity contribution in [3.8, 4) is 0 Å². The highest BCUT2D eigenvalue weighted by Gasteiger charge is 2.51. The van der Waals surface area contributed by atoms with Gasteiger partial charge in [0.15, 0.2) is 0 Å². The van der Waals surface area contributed by atoms with Crippen molar-refractivity contribution in [2.75, 3.05) is 5.32 Å². The van der Waals surface area contributed by atoms with Gasteiger partial charge < -0.3 is 14.6 Å². The van der Waals surface area contributed by atoms with E-state index in [9.17, 15) is 4.79 Å². The predicted octanol–water partition coefficient (Wildman–Crippen LogP) is 2.71. The molecule has 0 saturated carbocycles. The Balaban J connectivity index is 2.30. The van der Waals surface area contributed by atoms with Crippen LogP contribution in [0.5, 0.6) is 0 Å². The van der Waals surface area contributed by atoms with Crippen LogP contribution in [-0.2, 0) is 14.1 Å². The number of nitrogens with one attached hydrogen (secondary N) is 1. The third-order valence-corrected chi connectivity index (χ3v) is 4.22. The van der Waals surface area contributed by atoms with Crippen LogP contribution in [0.4, 0.5) is 5.69 Å². The summed E-state index contributed by atoms with van der Waals surface area (Å²) in [6.07, 6.45) is 0. The zero-order chi connectivity index (χ0) is 15.1. The molecular weight excluding hydrogens is 321 g/mol. The van der Waals surface area contributed by atoms with E-state index in [-0.39, 0.29) is 17.1 Å². The molecule has 0 atom stereocenters. The third kappa shape index (κ3) is 3.08. The van der Waals surface area contributed by atoms with E-state index in [0.717, 1.165) is 15.6 Å². The summed E-state index contributed by atoms with van der Waals surface area (Å²) in [7, 11) is -0.440. The number of benzene rings is 1. The molecule has 1 N–H and O–H groups in total. The number of carbonyl (C=O) groups excluding carboxylic acids is 1. The molecule has 2 rings (SSSR count). The average molecular weight is 340 g/mol. The molecule has 0 radical (unpaired) electrons. The lowest BCUT2D eigenvalue weighted by Gasteiger charge is -2.32. The van der Waals surface area contributed by atoms with Crippen molar-refractivity contribution in [2.45, 2.75) is 45.8 Å². The Kier molecular flexibility index (Phi) is 4.02. The largest absolute Gasteiger partial charge is 0.494 e.